The van der Waals surface area contributed by atoms with Crippen LogP contribution in [-0.2, 0) is 17.1 Å². The summed E-state index contributed by atoms with van der Waals surface area (Å²) in [5.41, 5.74) is 5.75. The molecule has 1 amide bonds. The van der Waals surface area contributed by atoms with E-state index in [1.807, 2.05) is 19.9 Å². The Kier molecular flexibility index (Phi) is 4.63. The molecule has 0 aliphatic carbocycles. The molecule has 6 nitrogen and oxygen atoms in total. The molecular formula is C16H21N3O3S. The summed E-state index contributed by atoms with van der Waals surface area (Å²) in [5, 5.41) is 0. The van der Waals surface area contributed by atoms with E-state index in [-0.39, 0.29) is 4.90 Å². The van der Waals surface area contributed by atoms with E-state index < -0.39 is 15.9 Å². The molecule has 124 valence electrons. The fraction of sp³-hybridized carbons (Fsp3) is 0.312. The van der Waals surface area contributed by atoms with Gasteiger partial charge in [0, 0.05) is 13.2 Å². The van der Waals surface area contributed by atoms with Gasteiger partial charge in [0.15, 0.2) is 0 Å². The minimum Gasteiger partial charge on any atom is -0.347 e. The van der Waals surface area contributed by atoms with E-state index in [0.717, 1.165) is 11.1 Å². The van der Waals surface area contributed by atoms with Crippen LogP contribution in [0.3, 0.4) is 0 Å². The van der Waals surface area contributed by atoms with Crippen LogP contribution in [0.15, 0.2) is 29.3 Å². The lowest BCUT2D eigenvalue weighted by Gasteiger charge is -2.16. The number of amides is 1. The van der Waals surface area contributed by atoms with Crippen molar-refractivity contribution in [3.8, 4) is 0 Å². The number of rotatable bonds is 4. The molecule has 1 aromatic heterocycles. The van der Waals surface area contributed by atoms with Gasteiger partial charge in [0.2, 0.25) is 0 Å². The van der Waals surface area contributed by atoms with Gasteiger partial charge >= 0.3 is 0 Å². The highest BCUT2D eigenvalue weighted by molar-refractivity contribution is 7.89. The monoisotopic (exact) mass is 335 g/mol. The lowest BCUT2D eigenvalue weighted by Crippen LogP contribution is -2.42. The quantitative estimate of drug-likeness (QED) is 0.837. The third kappa shape index (κ3) is 3.30. The molecule has 0 bridgehead atoms. The zero-order valence-corrected chi connectivity index (χ0v) is 14.7. The highest BCUT2D eigenvalue weighted by atomic mass is 32.2. The molecule has 23 heavy (non-hydrogen) atoms. The highest BCUT2D eigenvalue weighted by Gasteiger charge is 2.23. The van der Waals surface area contributed by atoms with E-state index in [9.17, 15) is 13.2 Å². The maximum Gasteiger partial charge on any atom is 0.282 e. The van der Waals surface area contributed by atoms with E-state index in [1.165, 1.54) is 0 Å². The molecule has 0 saturated carbocycles. The lowest BCUT2D eigenvalue weighted by molar-refractivity contribution is 0.0937. The van der Waals surface area contributed by atoms with Crippen LogP contribution in [0.5, 0.6) is 0 Å². The van der Waals surface area contributed by atoms with Crippen LogP contribution < -0.4 is 10.3 Å². The van der Waals surface area contributed by atoms with E-state index in [2.05, 4.69) is 10.3 Å². The predicted molar refractivity (Wildman–Crippen MR) is 88.6 cm³/mol. The highest BCUT2D eigenvalue weighted by Crippen LogP contribution is 2.25. The Labute approximate surface area is 136 Å². The topological polar surface area (TPSA) is 80.2 Å². The van der Waals surface area contributed by atoms with Crippen LogP contribution in [0.25, 0.3) is 0 Å². The van der Waals surface area contributed by atoms with Crippen molar-refractivity contribution in [3.63, 3.8) is 0 Å². The Morgan fingerprint density at radius 2 is 1.65 bits per heavy atom. The third-order valence-corrected chi connectivity index (χ3v) is 5.56. The fourth-order valence-electron chi connectivity index (χ4n) is 2.51. The van der Waals surface area contributed by atoms with Gasteiger partial charge in [0.05, 0.1) is 4.90 Å². The van der Waals surface area contributed by atoms with Crippen molar-refractivity contribution in [3.05, 3.63) is 52.3 Å². The number of carbonyl (C=O) groups is 1. The number of nitrogens with zero attached hydrogens (tertiary/aromatic N) is 1. The lowest BCUT2D eigenvalue weighted by atomic mass is 10.0. The summed E-state index contributed by atoms with van der Waals surface area (Å²) < 4.78 is 26.8. The molecule has 0 saturated heterocycles. The molecule has 0 spiro atoms. The van der Waals surface area contributed by atoms with Crippen LogP contribution in [-0.4, -0.2) is 18.9 Å². The molecule has 0 aliphatic rings. The first-order chi connectivity index (χ1) is 10.6. The van der Waals surface area contributed by atoms with E-state index in [0.29, 0.717) is 16.8 Å². The normalized spacial score (nSPS) is 11.5. The second kappa shape index (κ2) is 6.17. The molecule has 2 aromatic rings. The minimum absolute atomic E-state index is 0.210. The number of hydrogen-bond acceptors (Lipinski definition) is 3. The molecule has 2 rings (SSSR count). The van der Waals surface area contributed by atoms with Crippen molar-refractivity contribution >= 4 is 15.9 Å². The summed E-state index contributed by atoms with van der Waals surface area (Å²) in [6.07, 6.45) is 1.71. The molecule has 0 unspecified atom stereocenters. The fourth-order valence-corrected chi connectivity index (χ4v) is 3.97. The largest absolute Gasteiger partial charge is 0.347 e. The number of benzene rings is 1. The molecule has 0 aliphatic heterocycles. The van der Waals surface area contributed by atoms with Crippen molar-refractivity contribution in [1.29, 1.82) is 0 Å². The third-order valence-electron chi connectivity index (χ3n) is 4.04. The molecule has 0 fully saturated rings. The average molecular weight is 335 g/mol. The predicted octanol–water partition coefficient (Wildman–Crippen LogP) is 1.88. The van der Waals surface area contributed by atoms with Crippen LogP contribution >= 0.6 is 0 Å². The summed E-state index contributed by atoms with van der Waals surface area (Å²) in [7, 11) is -2.15. The second-order valence-corrected chi connectivity index (χ2v) is 7.27. The molecule has 0 atom stereocenters. The van der Waals surface area contributed by atoms with Gasteiger partial charge < -0.3 is 4.57 Å². The van der Waals surface area contributed by atoms with Gasteiger partial charge in [-0.15, -0.1) is 4.83 Å². The Bertz CT molecular complexity index is 841. The molecule has 2 N–H and O–H groups in total. The average Bonchev–Trinajstić information content (AvgIpc) is 2.89. The van der Waals surface area contributed by atoms with Crippen LogP contribution in [0.2, 0.25) is 0 Å². The summed E-state index contributed by atoms with van der Waals surface area (Å²) in [5.74, 6) is -0.513. The Balaban J connectivity index is 2.31. The smallest absolute Gasteiger partial charge is 0.282 e. The molecule has 1 heterocycles. The summed E-state index contributed by atoms with van der Waals surface area (Å²) >= 11 is 0. The van der Waals surface area contributed by atoms with Crippen LogP contribution in [0, 0.1) is 27.7 Å². The van der Waals surface area contributed by atoms with Crippen molar-refractivity contribution in [2.75, 3.05) is 0 Å². The molecule has 1 aromatic carbocycles. The number of hydrogen-bond donors (Lipinski definition) is 2. The number of sulfonamides is 1. The SMILES string of the molecule is Cc1cc(C)c(C)c(S(=O)(=O)NNC(=O)c2cccn2C)c1C. The van der Waals surface area contributed by atoms with Crippen molar-refractivity contribution < 1.29 is 13.2 Å². The van der Waals surface area contributed by atoms with Crippen molar-refractivity contribution in [2.45, 2.75) is 32.6 Å². The van der Waals surface area contributed by atoms with Crippen molar-refractivity contribution in [2.24, 2.45) is 7.05 Å². The van der Waals surface area contributed by atoms with Gasteiger partial charge in [-0.3, -0.25) is 10.2 Å². The standard InChI is InChI=1S/C16H21N3O3S/c1-10-9-11(2)13(4)15(12(10)3)23(21,22)18-17-16(20)14-7-6-8-19(14)5/h6-9,18H,1-5H3,(H,17,20). The van der Waals surface area contributed by atoms with Crippen LogP contribution in [0.4, 0.5) is 0 Å². The number of hydrazine groups is 1. The second-order valence-electron chi connectivity index (χ2n) is 5.65. The number of carbonyl (C=O) groups excluding carboxylic acids is 1. The zero-order chi connectivity index (χ0) is 17.4. The number of nitrogens with one attached hydrogen (secondary N) is 2. The maximum absolute atomic E-state index is 12.6. The molecule has 7 heteroatoms. The summed E-state index contributed by atoms with van der Waals surface area (Å²) in [6, 6.07) is 5.27. The van der Waals surface area contributed by atoms with Crippen molar-refractivity contribution in [1.82, 2.24) is 14.8 Å². The van der Waals surface area contributed by atoms with Gasteiger partial charge in [0.25, 0.3) is 15.9 Å². The number of aryl methyl sites for hydroxylation is 3. The molecular weight excluding hydrogens is 314 g/mol. The van der Waals surface area contributed by atoms with Gasteiger partial charge in [-0.2, -0.15) is 0 Å². The van der Waals surface area contributed by atoms with Gasteiger partial charge in [-0.25, -0.2) is 8.42 Å². The van der Waals surface area contributed by atoms with Gasteiger partial charge in [0.1, 0.15) is 5.69 Å². The van der Waals surface area contributed by atoms with E-state index >= 15 is 0 Å². The maximum atomic E-state index is 12.6. The van der Waals surface area contributed by atoms with Gasteiger partial charge in [-0.1, -0.05) is 6.07 Å². The Morgan fingerprint density at radius 1 is 1.09 bits per heavy atom. The van der Waals surface area contributed by atoms with E-state index in [4.69, 9.17) is 0 Å². The minimum atomic E-state index is -3.86. The number of aromatic nitrogens is 1. The Morgan fingerprint density at radius 3 is 2.13 bits per heavy atom. The first-order valence-corrected chi connectivity index (χ1v) is 8.64. The first kappa shape index (κ1) is 17.2. The zero-order valence-electron chi connectivity index (χ0n) is 13.9. The van der Waals surface area contributed by atoms with E-state index in [1.54, 1.807) is 43.8 Å². The van der Waals surface area contributed by atoms with Gasteiger partial charge in [-0.05, 0) is 62.1 Å². The Hall–Kier alpha value is -2.12. The summed E-state index contributed by atoms with van der Waals surface area (Å²) in [4.78, 5) is 14.4. The first-order valence-electron chi connectivity index (χ1n) is 7.16. The van der Waals surface area contributed by atoms with Crippen LogP contribution in [0.1, 0.15) is 32.7 Å². The summed E-state index contributed by atoms with van der Waals surface area (Å²) in [6.45, 7) is 7.25. The molecule has 0 radical (unpaired) electrons.